The van der Waals surface area contributed by atoms with Crippen molar-refractivity contribution < 1.29 is 23.9 Å². The molecule has 1 atom stereocenters. The van der Waals surface area contributed by atoms with Crippen molar-refractivity contribution in [1.82, 2.24) is 30.3 Å². The molecule has 14 nitrogen and oxygen atoms in total. The molecule has 2 aromatic heterocycles. The molecule has 5 heterocycles. The molecule has 3 aliphatic heterocycles. The molecule has 4 aromatic rings. The van der Waals surface area contributed by atoms with E-state index >= 15 is 0 Å². The lowest BCUT2D eigenvalue weighted by Gasteiger charge is -2.38. The van der Waals surface area contributed by atoms with E-state index in [1.54, 1.807) is 29.2 Å². The zero-order valence-electron chi connectivity index (χ0n) is 30.5. The first kappa shape index (κ1) is 36.7. The molecule has 0 spiro atoms. The lowest BCUT2D eigenvalue weighted by atomic mass is 9.93. The first-order valence-electron chi connectivity index (χ1n) is 19.1. The number of nitrogens with zero attached hydrogens (tertiary/aromatic N) is 7. The second-order valence-electron chi connectivity index (χ2n) is 14.8. The van der Waals surface area contributed by atoms with Crippen LogP contribution in [-0.2, 0) is 9.53 Å². The highest BCUT2D eigenvalue weighted by Gasteiger charge is 2.30. The molecular weight excluding hydrogens is 722 g/mol. The van der Waals surface area contributed by atoms with Crippen LogP contribution < -0.4 is 25.2 Å². The second kappa shape index (κ2) is 16.2. The van der Waals surface area contributed by atoms with Gasteiger partial charge >= 0.3 is 6.03 Å². The van der Waals surface area contributed by atoms with E-state index in [-0.39, 0.29) is 36.1 Å². The third-order valence-electron chi connectivity index (χ3n) is 11.2. The number of urea groups is 1. The molecule has 55 heavy (non-hydrogen) atoms. The Morgan fingerprint density at radius 1 is 1.00 bits per heavy atom. The average Bonchev–Trinajstić information content (AvgIpc) is 3.64. The summed E-state index contributed by atoms with van der Waals surface area (Å²) in [5.74, 6) is 0.910. The molecule has 286 valence electrons. The number of fused-ring (bicyclic) bond motifs is 1. The van der Waals surface area contributed by atoms with E-state index in [0.29, 0.717) is 60.7 Å². The number of carbonyl (C=O) groups excluding carboxylic acids is 3. The molecule has 1 aliphatic carbocycles. The largest absolute Gasteiger partial charge is 0.490 e. The average molecular weight is 766 g/mol. The number of hydrogen-bond acceptors (Lipinski definition) is 10. The number of nitrogens with one attached hydrogen (secondary N) is 2. The van der Waals surface area contributed by atoms with Crippen LogP contribution in [0.25, 0.3) is 10.9 Å². The van der Waals surface area contributed by atoms with E-state index in [9.17, 15) is 14.4 Å². The minimum absolute atomic E-state index is 0.0216. The van der Waals surface area contributed by atoms with E-state index in [1.165, 1.54) is 0 Å². The van der Waals surface area contributed by atoms with Gasteiger partial charge in [-0.3, -0.25) is 19.8 Å². The summed E-state index contributed by atoms with van der Waals surface area (Å²) in [5.41, 5.74) is 2.64. The van der Waals surface area contributed by atoms with Gasteiger partial charge < -0.3 is 29.2 Å². The number of likely N-dealkylation sites (tertiary alicyclic amines) is 1. The van der Waals surface area contributed by atoms with Crippen LogP contribution >= 0.6 is 11.6 Å². The van der Waals surface area contributed by atoms with Gasteiger partial charge in [0.15, 0.2) is 11.5 Å². The number of rotatable bonds is 9. The van der Waals surface area contributed by atoms with Gasteiger partial charge in [0.05, 0.1) is 40.6 Å². The summed E-state index contributed by atoms with van der Waals surface area (Å²) >= 11 is 6.15. The summed E-state index contributed by atoms with van der Waals surface area (Å²) in [4.78, 5) is 43.6. The number of benzene rings is 2. The van der Waals surface area contributed by atoms with Crippen molar-refractivity contribution in [3.05, 3.63) is 77.1 Å². The number of amides is 4. The number of imide groups is 1. The maximum absolute atomic E-state index is 13.1. The zero-order chi connectivity index (χ0) is 37.9. The second-order valence-corrected chi connectivity index (χ2v) is 15.2. The Kier molecular flexibility index (Phi) is 10.8. The first-order chi connectivity index (χ1) is 26.8. The molecule has 8 rings (SSSR count). The highest BCUT2D eigenvalue weighted by Crippen LogP contribution is 2.34. The minimum atomic E-state index is -0.369. The molecular formula is C40H44ClN9O5. The van der Waals surface area contributed by atoms with Crippen LogP contribution in [0, 0.1) is 11.3 Å². The van der Waals surface area contributed by atoms with Gasteiger partial charge in [0.2, 0.25) is 5.91 Å². The van der Waals surface area contributed by atoms with Gasteiger partial charge in [0.1, 0.15) is 11.8 Å². The molecule has 2 aromatic carbocycles. The minimum Gasteiger partial charge on any atom is -0.490 e. The summed E-state index contributed by atoms with van der Waals surface area (Å²) in [6.45, 7) is 5.09. The summed E-state index contributed by atoms with van der Waals surface area (Å²) in [7, 11) is 0. The van der Waals surface area contributed by atoms with Crippen molar-refractivity contribution in [1.29, 1.82) is 5.26 Å². The van der Waals surface area contributed by atoms with Crippen LogP contribution in [0.2, 0.25) is 5.02 Å². The smallest absolute Gasteiger partial charge is 0.328 e. The SMILES string of the molecule is N#Cc1ccc(O[C@H]2CC[C@H](NC(=O)c3ccc(N4CCO[C@H](CN5CCC(n6ccc7c(N8CCC(=O)NC8=O)cccc76)CC5)C4)nn3)CC2)cc1Cl. The molecule has 1 saturated carbocycles. The zero-order valence-corrected chi connectivity index (χ0v) is 31.3. The molecule has 0 unspecified atom stereocenters. The van der Waals surface area contributed by atoms with Crippen LogP contribution in [0.4, 0.5) is 16.3 Å². The molecule has 0 bridgehead atoms. The van der Waals surface area contributed by atoms with E-state index < -0.39 is 0 Å². The third kappa shape index (κ3) is 8.24. The third-order valence-corrected chi connectivity index (χ3v) is 11.5. The molecule has 3 saturated heterocycles. The Hall–Kier alpha value is -5.23. The number of ether oxygens (including phenoxy) is 2. The van der Waals surface area contributed by atoms with Crippen molar-refractivity contribution in [2.24, 2.45) is 0 Å². The van der Waals surface area contributed by atoms with Crippen LogP contribution in [0.5, 0.6) is 5.75 Å². The number of halogens is 1. The fraction of sp³-hybridized carbons (Fsp3) is 0.450. The van der Waals surface area contributed by atoms with Gasteiger partial charge in [-0.05, 0) is 81.0 Å². The standard InChI is InChI=1S/C40H44ClN9O5/c41-33-22-30(7-4-26(33)23-42)55-29-8-5-27(6-9-29)43-39(52)34-10-11-37(46-45-34)48-20-21-54-31(25-48)24-47-16-12-28(13-17-47)49-18-14-32-35(49)2-1-3-36(32)50-19-15-38(51)44-40(50)53/h1-4,7,10-11,14,18,22,27-29,31H,5-6,8-9,12-13,15-17,19-21,24-25H2,(H,43,52)(H,44,51,53)/t27-,29-,31-/m1/s1. The summed E-state index contributed by atoms with van der Waals surface area (Å²) in [6, 6.07) is 18.9. The Bertz CT molecular complexity index is 2090. The summed E-state index contributed by atoms with van der Waals surface area (Å²) in [6.07, 6.45) is 7.63. The van der Waals surface area contributed by atoms with E-state index in [1.807, 2.05) is 18.2 Å². The highest BCUT2D eigenvalue weighted by atomic mass is 35.5. The molecule has 4 amide bonds. The highest BCUT2D eigenvalue weighted by molar-refractivity contribution is 6.31. The molecule has 4 aliphatic rings. The van der Waals surface area contributed by atoms with Crippen molar-refractivity contribution in [3.63, 3.8) is 0 Å². The Morgan fingerprint density at radius 3 is 2.58 bits per heavy atom. The molecule has 0 radical (unpaired) electrons. The van der Waals surface area contributed by atoms with Gasteiger partial charge in [0, 0.05) is 75.4 Å². The number of piperidine rings is 1. The van der Waals surface area contributed by atoms with E-state index in [2.05, 4.69) is 59.6 Å². The van der Waals surface area contributed by atoms with Crippen molar-refractivity contribution in [3.8, 4) is 11.8 Å². The van der Waals surface area contributed by atoms with Gasteiger partial charge in [-0.15, -0.1) is 10.2 Å². The number of morpholine rings is 1. The van der Waals surface area contributed by atoms with Crippen molar-refractivity contribution in [2.45, 2.75) is 69.2 Å². The number of hydrogen-bond donors (Lipinski definition) is 2. The first-order valence-corrected chi connectivity index (χ1v) is 19.5. The maximum Gasteiger partial charge on any atom is 0.328 e. The lowest BCUT2D eigenvalue weighted by molar-refractivity contribution is -0.120. The summed E-state index contributed by atoms with van der Waals surface area (Å²) < 4.78 is 14.6. The van der Waals surface area contributed by atoms with Crippen LogP contribution in [-0.4, -0.2) is 102 Å². The number of nitriles is 1. The van der Waals surface area contributed by atoms with Gasteiger partial charge in [-0.1, -0.05) is 17.7 Å². The normalized spacial score (nSPS) is 22.7. The fourth-order valence-electron chi connectivity index (χ4n) is 8.28. The van der Waals surface area contributed by atoms with Crippen molar-refractivity contribution >= 4 is 51.9 Å². The molecule has 4 fully saturated rings. The Labute approximate surface area is 324 Å². The van der Waals surface area contributed by atoms with Crippen molar-refractivity contribution in [2.75, 3.05) is 55.7 Å². The number of anilines is 2. The van der Waals surface area contributed by atoms with E-state index in [0.717, 1.165) is 80.6 Å². The quantitative estimate of drug-likeness (QED) is 0.236. The van der Waals surface area contributed by atoms with Crippen LogP contribution in [0.1, 0.15) is 67.0 Å². The topological polar surface area (TPSA) is 158 Å². The predicted octanol–water partition coefficient (Wildman–Crippen LogP) is 5.06. The molecule has 15 heteroatoms. The predicted molar refractivity (Wildman–Crippen MR) is 206 cm³/mol. The Morgan fingerprint density at radius 2 is 1.84 bits per heavy atom. The lowest BCUT2D eigenvalue weighted by Crippen LogP contribution is -2.49. The van der Waals surface area contributed by atoms with E-state index in [4.69, 9.17) is 26.3 Å². The monoisotopic (exact) mass is 765 g/mol. The van der Waals surface area contributed by atoms with Gasteiger partial charge in [0.25, 0.3) is 5.91 Å². The van der Waals surface area contributed by atoms with Crippen LogP contribution in [0.3, 0.4) is 0 Å². The number of aromatic nitrogens is 3. The van der Waals surface area contributed by atoms with Gasteiger partial charge in [-0.25, -0.2) is 4.79 Å². The van der Waals surface area contributed by atoms with Crippen LogP contribution in [0.15, 0.2) is 60.8 Å². The maximum atomic E-state index is 13.1. The number of carbonyl (C=O) groups is 3. The Balaban J connectivity index is 0.791. The fourth-order valence-corrected chi connectivity index (χ4v) is 8.49. The molecule has 2 N–H and O–H groups in total. The van der Waals surface area contributed by atoms with Gasteiger partial charge in [-0.2, -0.15) is 5.26 Å². The summed E-state index contributed by atoms with van der Waals surface area (Å²) in [5, 5.41) is 24.8.